The molecule has 0 spiro atoms. The quantitative estimate of drug-likeness (QED) is 0.290. The maximum Gasteiger partial charge on any atom is 0.283 e. The van der Waals surface area contributed by atoms with Gasteiger partial charge in [0.05, 0.1) is 62.4 Å². The summed E-state index contributed by atoms with van der Waals surface area (Å²) in [6.07, 6.45) is 2.49. The van der Waals surface area contributed by atoms with Gasteiger partial charge in [0.2, 0.25) is 5.78 Å². The van der Waals surface area contributed by atoms with Crippen molar-refractivity contribution in [3.8, 4) is 45.6 Å². The van der Waals surface area contributed by atoms with Gasteiger partial charge >= 0.3 is 0 Å². The molecular weight excluding hydrogens is 576 g/mol. The molecular formula is C35H28N2O8. The Bertz CT molecular complexity index is 2180. The largest absolute Gasteiger partial charge is 0.506 e. The van der Waals surface area contributed by atoms with Gasteiger partial charge in [-0.3, -0.25) is 14.4 Å². The Balaban J connectivity index is 1.56. The highest BCUT2D eigenvalue weighted by Gasteiger charge is 2.42. The fraction of sp³-hybridized carbons (Fsp3) is 0.200. The predicted molar refractivity (Wildman–Crippen MR) is 166 cm³/mol. The summed E-state index contributed by atoms with van der Waals surface area (Å²) in [4.78, 5) is 42.4. The molecule has 0 fully saturated rings. The first-order valence-electron chi connectivity index (χ1n) is 14.3. The molecule has 1 heterocycles. The number of carbonyl (C=O) groups is 2. The summed E-state index contributed by atoms with van der Waals surface area (Å²) in [5, 5.41) is 17.3. The molecule has 226 valence electrons. The van der Waals surface area contributed by atoms with Gasteiger partial charge in [-0.15, -0.1) is 0 Å². The average Bonchev–Trinajstić information content (AvgIpc) is 3.06. The molecule has 5 aromatic rings. The van der Waals surface area contributed by atoms with E-state index in [1.807, 2.05) is 24.3 Å². The summed E-state index contributed by atoms with van der Waals surface area (Å²) in [5.41, 5.74) is 2.68. The Morgan fingerprint density at radius 2 is 1.47 bits per heavy atom. The van der Waals surface area contributed by atoms with Crippen LogP contribution >= 0.6 is 0 Å². The highest BCUT2D eigenvalue weighted by atomic mass is 16.5. The lowest BCUT2D eigenvalue weighted by Crippen LogP contribution is -2.25. The number of carbonyl (C=O) groups excluding carboxylic acids is 2. The Morgan fingerprint density at radius 1 is 0.756 bits per heavy atom. The first kappa shape index (κ1) is 28.1. The van der Waals surface area contributed by atoms with Crippen molar-refractivity contribution in [2.45, 2.75) is 19.8 Å². The molecule has 2 aliphatic rings. The molecule has 45 heavy (non-hydrogen) atoms. The maximum absolute atomic E-state index is 14.2. The van der Waals surface area contributed by atoms with Gasteiger partial charge in [-0.1, -0.05) is 18.2 Å². The van der Waals surface area contributed by atoms with Crippen LogP contribution in [0.1, 0.15) is 48.5 Å². The van der Waals surface area contributed by atoms with Gasteiger partial charge in [0.25, 0.3) is 5.56 Å². The molecule has 10 heteroatoms. The van der Waals surface area contributed by atoms with E-state index in [0.29, 0.717) is 46.4 Å². The predicted octanol–water partition coefficient (Wildman–Crippen LogP) is 4.98. The number of phenolic OH excluding ortho intramolecular Hbond substituents is 1. The van der Waals surface area contributed by atoms with Crippen LogP contribution in [0, 0.1) is 6.92 Å². The van der Waals surface area contributed by atoms with E-state index in [1.54, 1.807) is 25.3 Å². The van der Waals surface area contributed by atoms with Crippen molar-refractivity contribution in [1.29, 1.82) is 0 Å². The number of ether oxygens (including phenoxy) is 4. The second-order valence-electron chi connectivity index (χ2n) is 10.9. The Labute approximate surface area is 257 Å². The first-order chi connectivity index (χ1) is 21.8. The molecule has 0 amide bonds. The van der Waals surface area contributed by atoms with E-state index in [1.165, 1.54) is 39.2 Å². The number of nitrogens with zero attached hydrogens (tertiary/aromatic N) is 2. The Morgan fingerprint density at radius 3 is 2.13 bits per heavy atom. The highest BCUT2D eigenvalue weighted by molar-refractivity contribution is 6.32. The maximum atomic E-state index is 14.2. The number of methoxy groups -OCH3 is 4. The Kier molecular flexibility index (Phi) is 6.40. The summed E-state index contributed by atoms with van der Waals surface area (Å²) in [7, 11) is 5.76. The molecule has 0 atom stereocenters. The number of aromatic hydroxyl groups is 1. The summed E-state index contributed by atoms with van der Waals surface area (Å²) < 4.78 is 24.1. The second kappa shape index (κ2) is 10.2. The Hall–Kier alpha value is -5.64. The van der Waals surface area contributed by atoms with Crippen LogP contribution < -0.4 is 24.5 Å². The van der Waals surface area contributed by atoms with Crippen molar-refractivity contribution < 1.29 is 33.6 Å². The van der Waals surface area contributed by atoms with Crippen LogP contribution in [-0.4, -0.2) is 54.9 Å². The van der Waals surface area contributed by atoms with Crippen molar-refractivity contribution in [1.82, 2.24) is 9.78 Å². The standard InChI is InChI=1S/C35H28N2O8/c1-16-22(42-2)14-21-26(32(16)43-3)31(40)28-27(29(21)38)30(39)25-20(33(28)44-4)12-11-17-13-18-15-36-37(19-9-7-6-8-10-19)35(41)24(18)34(45-5)23(17)25/h6-10,13-15,39H,11-12H2,1-5H3. The SMILES string of the molecule is COc1cc2c(c(OC)c1C)C(=O)c1c(OC)c3c(c(O)c1C2=O)-c1c(cc2cnn(-c4ccccc4)c(=O)c2c1OC)CC3. The topological polar surface area (TPSA) is 126 Å². The van der Waals surface area contributed by atoms with Crippen LogP contribution in [0.25, 0.3) is 27.6 Å². The van der Waals surface area contributed by atoms with Gasteiger partial charge in [0.15, 0.2) is 5.78 Å². The molecule has 1 N–H and O–H groups in total. The van der Waals surface area contributed by atoms with Gasteiger partial charge in [-0.2, -0.15) is 9.78 Å². The number of para-hydroxylation sites is 1. The average molecular weight is 605 g/mol. The molecule has 0 bridgehead atoms. The van der Waals surface area contributed by atoms with E-state index < -0.39 is 17.1 Å². The number of aromatic nitrogens is 2. The zero-order valence-electron chi connectivity index (χ0n) is 25.2. The molecule has 2 aliphatic carbocycles. The van der Waals surface area contributed by atoms with Crippen LogP contribution in [0.15, 0.2) is 53.5 Å². The summed E-state index contributed by atoms with van der Waals surface area (Å²) in [6.45, 7) is 1.74. The molecule has 4 aromatic carbocycles. The number of benzene rings is 4. The monoisotopic (exact) mass is 604 g/mol. The number of ketones is 2. The van der Waals surface area contributed by atoms with Crippen molar-refractivity contribution >= 4 is 22.3 Å². The lowest BCUT2D eigenvalue weighted by Gasteiger charge is -2.30. The molecule has 0 saturated carbocycles. The van der Waals surface area contributed by atoms with E-state index in [4.69, 9.17) is 18.9 Å². The number of phenols is 1. The fourth-order valence-electron chi connectivity index (χ4n) is 6.82. The molecule has 10 nitrogen and oxygen atoms in total. The number of hydrogen-bond donors (Lipinski definition) is 1. The number of fused-ring (bicyclic) bond motifs is 6. The van der Waals surface area contributed by atoms with Crippen LogP contribution in [-0.2, 0) is 12.8 Å². The van der Waals surface area contributed by atoms with Crippen molar-refractivity contribution in [3.05, 3.63) is 98.0 Å². The fourth-order valence-corrected chi connectivity index (χ4v) is 6.82. The minimum atomic E-state index is -0.586. The number of rotatable bonds is 5. The summed E-state index contributed by atoms with van der Waals surface area (Å²) >= 11 is 0. The first-order valence-corrected chi connectivity index (χ1v) is 14.3. The van der Waals surface area contributed by atoms with Gasteiger partial charge in [0, 0.05) is 33.2 Å². The third-order valence-electron chi connectivity index (χ3n) is 8.77. The van der Waals surface area contributed by atoms with Gasteiger partial charge in [-0.25, -0.2) is 0 Å². The third-order valence-corrected chi connectivity index (χ3v) is 8.77. The van der Waals surface area contributed by atoms with E-state index in [0.717, 1.165) is 5.56 Å². The molecule has 0 aliphatic heterocycles. The van der Waals surface area contributed by atoms with Crippen LogP contribution in [0.4, 0.5) is 0 Å². The van der Waals surface area contributed by atoms with E-state index in [9.17, 15) is 19.5 Å². The van der Waals surface area contributed by atoms with Crippen molar-refractivity contribution in [2.24, 2.45) is 0 Å². The molecule has 0 unspecified atom stereocenters. The van der Waals surface area contributed by atoms with E-state index in [-0.39, 0.29) is 56.2 Å². The van der Waals surface area contributed by atoms with Crippen LogP contribution in [0.2, 0.25) is 0 Å². The zero-order valence-corrected chi connectivity index (χ0v) is 25.2. The third kappa shape index (κ3) is 3.75. The minimum Gasteiger partial charge on any atom is -0.506 e. The van der Waals surface area contributed by atoms with Crippen LogP contribution in [0.3, 0.4) is 0 Å². The smallest absolute Gasteiger partial charge is 0.283 e. The molecule has 0 radical (unpaired) electrons. The molecule has 0 saturated heterocycles. The number of aryl methyl sites for hydroxylation is 1. The molecule has 7 rings (SSSR count). The second-order valence-corrected chi connectivity index (χ2v) is 10.9. The molecule has 1 aromatic heterocycles. The van der Waals surface area contributed by atoms with E-state index >= 15 is 0 Å². The van der Waals surface area contributed by atoms with Crippen molar-refractivity contribution in [3.63, 3.8) is 0 Å². The van der Waals surface area contributed by atoms with Gasteiger partial charge in [0.1, 0.15) is 28.7 Å². The van der Waals surface area contributed by atoms with E-state index in [2.05, 4.69) is 5.10 Å². The minimum absolute atomic E-state index is 0.0343. The normalized spacial score (nSPS) is 13.1. The lowest BCUT2D eigenvalue weighted by atomic mass is 9.75. The van der Waals surface area contributed by atoms with Crippen LogP contribution in [0.5, 0.6) is 28.7 Å². The zero-order chi connectivity index (χ0) is 31.7. The van der Waals surface area contributed by atoms with Crippen molar-refractivity contribution in [2.75, 3.05) is 28.4 Å². The summed E-state index contributed by atoms with van der Waals surface area (Å²) in [6, 6.07) is 12.4. The van der Waals surface area contributed by atoms with Gasteiger partial charge < -0.3 is 24.1 Å². The highest BCUT2D eigenvalue weighted by Crippen LogP contribution is 2.55. The summed E-state index contributed by atoms with van der Waals surface area (Å²) in [5.74, 6) is -0.494. The van der Waals surface area contributed by atoms with Gasteiger partial charge in [-0.05, 0) is 49.6 Å². The number of hydrogen-bond acceptors (Lipinski definition) is 9. The lowest BCUT2D eigenvalue weighted by molar-refractivity contribution is 0.0971.